The van der Waals surface area contributed by atoms with Crippen LogP contribution < -0.4 is 5.73 Å². The predicted molar refractivity (Wildman–Crippen MR) is 68.1 cm³/mol. The van der Waals surface area contributed by atoms with E-state index in [-0.39, 0.29) is 12.1 Å². The molecule has 0 radical (unpaired) electrons. The minimum Gasteiger partial charge on any atom is -0.444 e. The zero-order chi connectivity index (χ0) is 13.3. The van der Waals surface area contributed by atoms with Gasteiger partial charge >= 0.3 is 6.09 Å². The van der Waals surface area contributed by atoms with E-state index in [2.05, 4.69) is 5.10 Å². The molecular weight excluding hydrogens is 232 g/mol. The molecule has 1 aliphatic rings. The Morgan fingerprint density at radius 2 is 2.28 bits per heavy atom. The van der Waals surface area contributed by atoms with Crippen molar-refractivity contribution in [3.63, 3.8) is 0 Å². The Balaban J connectivity index is 1.94. The third-order valence-corrected chi connectivity index (χ3v) is 2.82. The Hall–Kier alpha value is -1.72. The lowest BCUT2D eigenvalue weighted by Crippen LogP contribution is -2.35. The summed E-state index contributed by atoms with van der Waals surface area (Å²) in [4.78, 5) is 13.6. The van der Waals surface area contributed by atoms with E-state index in [1.807, 2.05) is 31.6 Å². The van der Waals surface area contributed by atoms with Crippen molar-refractivity contribution in [3.05, 3.63) is 12.3 Å². The Morgan fingerprint density at radius 1 is 1.56 bits per heavy atom. The maximum atomic E-state index is 11.9. The number of anilines is 1. The van der Waals surface area contributed by atoms with Gasteiger partial charge in [-0.15, -0.1) is 0 Å². The van der Waals surface area contributed by atoms with Crippen LogP contribution in [0.25, 0.3) is 0 Å². The van der Waals surface area contributed by atoms with Crippen molar-refractivity contribution in [3.8, 4) is 0 Å². The quantitative estimate of drug-likeness (QED) is 0.824. The second kappa shape index (κ2) is 4.51. The van der Waals surface area contributed by atoms with Crippen LogP contribution in [-0.2, 0) is 4.74 Å². The number of amides is 1. The summed E-state index contributed by atoms with van der Waals surface area (Å²) in [5.74, 6) is 0.505. The van der Waals surface area contributed by atoms with Crippen LogP contribution in [0.1, 0.15) is 33.2 Å². The molecule has 1 fully saturated rings. The molecule has 18 heavy (non-hydrogen) atoms. The van der Waals surface area contributed by atoms with E-state index in [0.717, 1.165) is 6.42 Å². The molecular formula is C12H20N4O2. The van der Waals surface area contributed by atoms with Gasteiger partial charge < -0.3 is 15.4 Å². The molecule has 100 valence electrons. The maximum Gasteiger partial charge on any atom is 0.410 e. The normalized spacial score (nSPS) is 20.2. The third kappa shape index (κ3) is 2.94. The SMILES string of the molecule is CC(C)(C)OC(=O)N1CC[C@@H](n2ccc(N)n2)C1. The first-order chi connectivity index (χ1) is 8.35. The largest absolute Gasteiger partial charge is 0.444 e. The standard InChI is InChI=1S/C12H20N4O2/c1-12(2,3)18-11(17)15-6-4-9(8-15)16-7-5-10(13)14-16/h5,7,9H,4,6,8H2,1-3H3,(H2,13,14)/t9-/m1/s1. The number of ether oxygens (including phenoxy) is 1. The van der Waals surface area contributed by atoms with E-state index in [0.29, 0.717) is 18.9 Å². The summed E-state index contributed by atoms with van der Waals surface area (Å²) in [7, 11) is 0. The van der Waals surface area contributed by atoms with E-state index < -0.39 is 5.60 Å². The summed E-state index contributed by atoms with van der Waals surface area (Å²) < 4.78 is 7.16. The molecule has 1 aromatic heterocycles. The number of nitrogen functional groups attached to an aromatic ring is 1. The molecule has 1 amide bonds. The van der Waals surface area contributed by atoms with Crippen LogP contribution in [0.15, 0.2) is 12.3 Å². The number of carbonyl (C=O) groups excluding carboxylic acids is 1. The summed E-state index contributed by atoms with van der Waals surface area (Å²) in [5.41, 5.74) is 5.13. The van der Waals surface area contributed by atoms with Gasteiger partial charge in [-0.25, -0.2) is 4.79 Å². The van der Waals surface area contributed by atoms with Crippen LogP contribution in [0.2, 0.25) is 0 Å². The van der Waals surface area contributed by atoms with Gasteiger partial charge in [-0.05, 0) is 33.3 Å². The van der Waals surface area contributed by atoms with Crippen molar-refractivity contribution in [2.24, 2.45) is 0 Å². The molecule has 1 atom stereocenters. The van der Waals surface area contributed by atoms with Crippen molar-refractivity contribution < 1.29 is 9.53 Å². The molecule has 0 aromatic carbocycles. The molecule has 1 aliphatic heterocycles. The van der Waals surface area contributed by atoms with E-state index in [9.17, 15) is 4.79 Å². The van der Waals surface area contributed by atoms with Crippen molar-refractivity contribution >= 4 is 11.9 Å². The number of hydrogen-bond acceptors (Lipinski definition) is 4. The first-order valence-corrected chi connectivity index (χ1v) is 6.14. The van der Waals surface area contributed by atoms with Crippen molar-refractivity contribution in [1.29, 1.82) is 0 Å². The molecule has 1 saturated heterocycles. The number of nitrogens with zero attached hydrogens (tertiary/aromatic N) is 3. The second-order valence-corrected chi connectivity index (χ2v) is 5.59. The van der Waals surface area contributed by atoms with Gasteiger partial charge in [0, 0.05) is 19.3 Å². The Morgan fingerprint density at radius 3 is 2.83 bits per heavy atom. The Kier molecular flexibility index (Phi) is 3.19. The number of nitrogens with two attached hydrogens (primary N) is 1. The fourth-order valence-corrected chi connectivity index (χ4v) is 2.01. The van der Waals surface area contributed by atoms with E-state index >= 15 is 0 Å². The molecule has 2 N–H and O–H groups in total. The van der Waals surface area contributed by atoms with Crippen molar-refractivity contribution in [1.82, 2.24) is 14.7 Å². The summed E-state index contributed by atoms with van der Waals surface area (Å²) in [6.07, 6.45) is 2.46. The lowest BCUT2D eigenvalue weighted by Gasteiger charge is -2.24. The number of rotatable bonds is 1. The molecule has 6 nitrogen and oxygen atoms in total. The van der Waals surface area contributed by atoms with Gasteiger partial charge in [0.1, 0.15) is 11.4 Å². The first-order valence-electron chi connectivity index (χ1n) is 6.14. The van der Waals surface area contributed by atoms with Crippen LogP contribution in [-0.4, -0.2) is 39.5 Å². The van der Waals surface area contributed by atoms with Gasteiger partial charge in [-0.3, -0.25) is 4.68 Å². The Labute approximate surface area is 107 Å². The number of hydrogen-bond donors (Lipinski definition) is 1. The maximum absolute atomic E-state index is 11.9. The van der Waals surface area contributed by atoms with E-state index in [1.54, 1.807) is 11.0 Å². The van der Waals surface area contributed by atoms with Crippen molar-refractivity contribution in [2.45, 2.75) is 38.8 Å². The summed E-state index contributed by atoms with van der Waals surface area (Å²) in [6, 6.07) is 1.95. The molecule has 0 bridgehead atoms. The zero-order valence-electron chi connectivity index (χ0n) is 11.1. The molecule has 0 unspecified atom stereocenters. The Bertz CT molecular complexity index is 436. The lowest BCUT2D eigenvalue weighted by atomic mass is 10.2. The number of carbonyl (C=O) groups is 1. The van der Waals surface area contributed by atoms with Crippen molar-refractivity contribution in [2.75, 3.05) is 18.8 Å². The highest BCUT2D eigenvalue weighted by molar-refractivity contribution is 5.68. The molecule has 0 aliphatic carbocycles. The average molecular weight is 252 g/mol. The predicted octanol–water partition coefficient (Wildman–Crippen LogP) is 1.65. The van der Waals surface area contributed by atoms with Gasteiger partial charge in [-0.1, -0.05) is 0 Å². The second-order valence-electron chi connectivity index (χ2n) is 5.59. The molecule has 1 aromatic rings. The van der Waals surface area contributed by atoms with Crippen LogP contribution in [0.4, 0.5) is 10.6 Å². The summed E-state index contributed by atoms with van der Waals surface area (Å²) in [6.45, 7) is 6.92. The first kappa shape index (κ1) is 12.7. The van der Waals surface area contributed by atoms with E-state index in [4.69, 9.17) is 10.5 Å². The van der Waals surface area contributed by atoms with Crippen LogP contribution in [0.3, 0.4) is 0 Å². The van der Waals surface area contributed by atoms with Gasteiger partial charge in [-0.2, -0.15) is 5.10 Å². The summed E-state index contributed by atoms with van der Waals surface area (Å²) >= 11 is 0. The lowest BCUT2D eigenvalue weighted by molar-refractivity contribution is 0.0288. The molecule has 2 rings (SSSR count). The highest BCUT2D eigenvalue weighted by Crippen LogP contribution is 2.23. The summed E-state index contributed by atoms with van der Waals surface area (Å²) in [5, 5.41) is 4.18. The average Bonchev–Trinajstić information content (AvgIpc) is 2.82. The number of aromatic nitrogens is 2. The highest BCUT2D eigenvalue weighted by atomic mass is 16.6. The molecule has 0 saturated carbocycles. The topological polar surface area (TPSA) is 73.4 Å². The minimum atomic E-state index is -0.453. The highest BCUT2D eigenvalue weighted by Gasteiger charge is 2.30. The van der Waals surface area contributed by atoms with Gasteiger partial charge in [0.05, 0.1) is 6.04 Å². The number of likely N-dealkylation sites (tertiary alicyclic amines) is 1. The van der Waals surface area contributed by atoms with E-state index in [1.165, 1.54) is 0 Å². The van der Waals surface area contributed by atoms with Crippen LogP contribution in [0.5, 0.6) is 0 Å². The smallest absolute Gasteiger partial charge is 0.410 e. The van der Waals surface area contributed by atoms with Gasteiger partial charge in [0.15, 0.2) is 0 Å². The third-order valence-electron chi connectivity index (χ3n) is 2.82. The molecule has 6 heteroatoms. The van der Waals surface area contributed by atoms with Gasteiger partial charge in [0.2, 0.25) is 0 Å². The van der Waals surface area contributed by atoms with Gasteiger partial charge in [0.25, 0.3) is 0 Å². The molecule has 0 spiro atoms. The van der Waals surface area contributed by atoms with Crippen LogP contribution >= 0.6 is 0 Å². The zero-order valence-corrected chi connectivity index (χ0v) is 11.1. The van der Waals surface area contributed by atoms with Crippen LogP contribution in [0, 0.1) is 0 Å². The minimum absolute atomic E-state index is 0.190. The fraction of sp³-hybridized carbons (Fsp3) is 0.667. The molecule has 2 heterocycles. The fourth-order valence-electron chi connectivity index (χ4n) is 2.01. The monoisotopic (exact) mass is 252 g/mol.